The number of amides is 1. The molecule has 180 valence electrons. The maximum atomic E-state index is 12.0. The number of aliphatic hydroxyl groups is 1. The second kappa shape index (κ2) is 11.2. The Morgan fingerprint density at radius 3 is 2.47 bits per heavy atom. The second-order valence-electron chi connectivity index (χ2n) is 10.3. The van der Waals surface area contributed by atoms with Gasteiger partial charge >= 0.3 is 6.09 Å². The van der Waals surface area contributed by atoms with Crippen LogP contribution in [0.2, 0.25) is 0 Å². The number of rotatable bonds is 11. The molecular formula is C26H42N2O4. The molecule has 0 radical (unpaired) electrons. The zero-order chi connectivity index (χ0) is 24.1. The number of aliphatic hydroxyl groups excluding tert-OH is 1. The molecule has 0 saturated heterocycles. The van der Waals surface area contributed by atoms with Crippen molar-refractivity contribution in [1.29, 1.82) is 0 Å². The van der Waals surface area contributed by atoms with Crippen LogP contribution in [-0.4, -0.2) is 57.7 Å². The van der Waals surface area contributed by atoms with E-state index in [9.17, 15) is 15.0 Å². The van der Waals surface area contributed by atoms with Gasteiger partial charge in [0.1, 0.15) is 0 Å². The molecule has 2 aromatic rings. The highest BCUT2D eigenvalue weighted by Gasteiger charge is 2.34. The highest BCUT2D eigenvalue weighted by Crippen LogP contribution is 2.30. The quantitative estimate of drug-likeness (QED) is 0.471. The van der Waals surface area contributed by atoms with E-state index < -0.39 is 17.7 Å². The van der Waals surface area contributed by atoms with Gasteiger partial charge in [-0.3, -0.25) is 4.90 Å². The molecular weight excluding hydrogens is 404 g/mol. The third-order valence-corrected chi connectivity index (χ3v) is 6.45. The molecule has 1 amide bonds. The minimum Gasteiger partial charge on any atom is -0.465 e. The van der Waals surface area contributed by atoms with Crippen LogP contribution in [0.15, 0.2) is 24.4 Å². The Morgan fingerprint density at radius 2 is 1.94 bits per heavy atom. The van der Waals surface area contributed by atoms with Crippen LogP contribution in [0.3, 0.4) is 0 Å². The molecule has 0 fully saturated rings. The lowest BCUT2D eigenvalue weighted by molar-refractivity contribution is 0.0334. The first-order valence-corrected chi connectivity index (χ1v) is 11.7. The number of benzene rings is 1. The molecule has 0 saturated carbocycles. The van der Waals surface area contributed by atoms with Gasteiger partial charge in [0.15, 0.2) is 0 Å². The highest BCUT2D eigenvalue weighted by molar-refractivity contribution is 5.84. The van der Waals surface area contributed by atoms with Gasteiger partial charge in [0.05, 0.1) is 12.6 Å². The number of hydrogen-bond donors (Lipinski definition) is 2. The van der Waals surface area contributed by atoms with Gasteiger partial charge in [-0.05, 0) is 81.5 Å². The predicted octanol–water partition coefficient (Wildman–Crippen LogP) is 5.10. The zero-order valence-electron chi connectivity index (χ0n) is 20.9. The number of aromatic nitrogens is 1. The van der Waals surface area contributed by atoms with Gasteiger partial charge in [0.2, 0.25) is 0 Å². The number of aryl methyl sites for hydroxylation is 2. The first-order chi connectivity index (χ1) is 15.0. The molecule has 2 atom stereocenters. The topological polar surface area (TPSA) is 74.9 Å². The average Bonchev–Trinajstić information content (AvgIpc) is 3.00. The molecule has 6 heteroatoms. The molecule has 2 unspecified atom stereocenters. The largest absolute Gasteiger partial charge is 0.465 e. The van der Waals surface area contributed by atoms with E-state index >= 15 is 0 Å². The van der Waals surface area contributed by atoms with E-state index in [0.29, 0.717) is 12.3 Å². The Balaban J connectivity index is 2.28. The average molecular weight is 447 g/mol. The Labute approximate surface area is 193 Å². The van der Waals surface area contributed by atoms with Crippen molar-refractivity contribution in [2.75, 3.05) is 20.3 Å². The van der Waals surface area contributed by atoms with Crippen molar-refractivity contribution in [2.45, 2.75) is 71.9 Å². The van der Waals surface area contributed by atoms with Gasteiger partial charge in [-0.1, -0.05) is 19.9 Å². The third-order valence-electron chi connectivity index (χ3n) is 6.45. The fourth-order valence-electron chi connectivity index (χ4n) is 4.75. The predicted molar refractivity (Wildman–Crippen MR) is 130 cm³/mol. The summed E-state index contributed by atoms with van der Waals surface area (Å²) in [5, 5.41) is 21.1. The van der Waals surface area contributed by atoms with Crippen molar-refractivity contribution in [2.24, 2.45) is 18.9 Å². The zero-order valence-corrected chi connectivity index (χ0v) is 20.9. The van der Waals surface area contributed by atoms with Crippen LogP contribution in [0, 0.1) is 11.8 Å². The number of fused-ring (bicyclic) bond motifs is 1. The lowest BCUT2D eigenvalue weighted by atomic mass is 9.83. The van der Waals surface area contributed by atoms with Crippen molar-refractivity contribution >= 4 is 17.0 Å². The molecule has 1 aromatic heterocycles. The Kier molecular flexibility index (Phi) is 9.17. The summed E-state index contributed by atoms with van der Waals surface area (Å²) in [6.45, 7) is 10.6. The van der Waals surface area contributed by atoms with Crippen LogP contribution in [0.5, 0.6) is 0 Å². The number of carbonyl (C=O) groups is 1. The van der Waals surface area contributed by atoms with Crippen LogP contribution in [0.25, 0.3) is 10.9 Å². The van der Waals surface area contributed by atoms with Crippen molar-refractivity contribution in [3.8, 4) is 0 Å². The van der Waals surface area contributed by atoms with Crippen molar-refractivity contribution in [3.05, 3.63) is 35.5 Å². The SMILES string of the molecule is COCCCc1cn(C)c2ccc(CC(CC(CO)N(C(=O)O)C(C)(C)C)C(C)C)cc12. The first kappa shape index (κ1) is 26.2. The molecule has 6 nitrogen and oxygen atoms in total. The Hall–Kier alpha value is -2.05. The van der Waals surface area contributed by atoms with Crippen molar-refractivity contribution < 1.29 is 19.7 Å². The molecule has 0 spiro atoms. The van der Waals surface area contributed by atoms with Crippen LogP contribution < -0.4 is 0 Å². The van der Waals surface area contributed by atoms with Gasteiger partial charge in [-0.25, -0.2) is 4.79 Å². The van der Waals surface area contributed by atoms with Crippen LogP contribution in [0.1, 0.15) is 58.6 Å². The van der Waals surface area contributed by atoms with E-state index in [1.54, 1.807) is 7.11 Å². The summed E-state index contributed by atoms with van der Waals surface area (Å²) in [5.74, 6) is 0.627. The smallest absolute Gasteiger partial charge is 0.408 e. The molecule has 1 aromatic carbocycles. The summed E-state index contributed by atoms with van der Waals surface area (Å²) in [6, 6.07) is 6.23. The molecule has 32 heavy (non-hydrogen) atoms. The Bertz CT molecular complexity index is 882. The molecule has 2 N–H and O–H groups in total. The van der Waals surface area contributed by atoms with E-state index in [1.807, 2.05) is 20.8 Å². The first-order valence-electron chi connectivity index (χ1n) is 11.7. The van der Waals surface area contributed by atoms with Gasteiger partial charge < -0.3 is 19.5 Å². The number of ether oxygens (including phenoxy) is 1. The summed E-state index contributed by atoms with van der Waals surface area (Å²) < 4.78 is 7.40. The summed E-state index contributed by atoms with van der Waals surface area (Å²) in [6.07, 6.45) is 4.68. The lowest BCUT2D eigenvalue weighted by Crippen LogP contribution is -2.53. The summed E-state index contributed by atoms with van der Waals surface area (Å²) >= 11 is 0. The van der Waals surface area contributed by atoms with Crippen molar-refractivity contribution in [1.82, 2.24) is 9.47 Å². The molecule has 0 bridgehead atoms. The van der Waals surface area contributed by atoms with E-state index in [2.05, 4.69) is 49.9 Å². The fraction of sp³-hybridized carbons (Fsp3) is 0.654. The number of methoxy groups -OCH3 is 1. The summed E-state index contributed by atoms with van der Waals surface area (Å²) in [5.41, 5.74) is 3.24. The van der Waals surface area contributed by atoms with E-state index in [4.69, 9.17) is 4.74 Å². The number of hydrogen-bond acceptors (Lipinski definition) is 3. The maximum Gasteiger partial charge on any atom is 0.408 e. The van der Waals surface area contributed by atoms with E-state index in [0.717, 1.165) is 25.9 Å². The monoisotopic (exact) mass is 446 g/mol. The normalized spacial score (nSPS) is 14.2. The van der Waals surface area contributed by atoms with Gasteiger partial charge in [-0.15, -0.1) is 0 Å². The van der Waals surface area contributed by atoms with Gasteiger partial charge in [0.25, 0.3) is 0 Å². The molecule has 0 aliphatic carbocycles. The van der Waals surface area contributed by atoms with E-state index in [-0.39, 0.29) is 12.5 Å². The highest BCUT2D eigenvalue weighted by atomic mass is 16.5. The standard InChI is InChI=1S/C26H42N2O4/c1-18(2)21(15-22(17-29)28(25(30)31)26(3,4)5)13-19-10-11-24-23(14-19)20(16-27(24)6)9-8-12-32-7/h10-11,14,16,18,21-22,29H,8-9,12-13,15,17H2,1-7H3,(H,30,31). The van der Waals surface area contributed by atoms with Gasteiger partial charge in [0, 0.05) is 43.4 Å². The molecule has 1 heterocycles. The second-order valence-corrected chi connectivity index (χ2v) is 10.3. The van der Waals surface area contributed by atoms with Crippen LogP contribution >= 0.6 is 0 Å². The number of carboxylic acid groups (broad SMARTS) is 1. The summed E-state index contributed by atoms with van der Waals surface area (Å²) in [7, 11) is 3.82. The van der Waals surface area contributed by atoms with E-state index in [1.165, 1.54) is 26.9 Å². The molecule has 2 rings (SSSR count). The maximum absolute atomic E-state index is 12.0. The summed E-state index contributed by atoms with van der Waals surface area (Å²) in [4.78, 5) is 13.4. The van der Waals surface area contributed by atoms with Crippen molar-refractivity contribution in [3.63, 3.8) is 0 Å². The minimum absolute atomic E-state index is 0.172. The number of nitrogens with zero attached hydrogens (tertiary/aromatic N) is 2. The van der Waals surface area contributed by atoms with Gasteiger partial charge in [-0.2, -0.15) is 0 Å². The molecule has 0 aliphatic rings. The van der Waals surface area contributed by atoms with Crippen LogP contribution in [0.4, 0.5) is 4.79 Å². The Morgan fingerprint density at radius 1 is 1.25 bits per heavy atom. The lowest BCUT2D eigenvalue weighted by Gasteiger charge is -2.40. The van der Waals surface area contributed by atoms with Crippen LogP contribution in [-0.2, 0) is 24.6 Å². The third kappa shape index (κ3) is 6.48. The minimum atomic E-state index is -0.981. The molecule has 0 aliphatic heterocycles. The fourth-order valence-corrected chi connectivity index (χ4v) is 4.75.